The molecule has 2 aliphatic rings. The molecule has 2 aromatic rings. The summed E-state index contributed by atoms with van der Waals surface area (Å²) < 4.78 is 33.2. The molecule has 2 aliphatic heterocycles. The highest BCUT2D eigenvalue weighted by molar-refractivity contribution is 6.77. The summed E-state index contributed by atoms with van der Waals surface area (Å²) in [5.41, 5.74) is 8.04. The summed E-state index contributed by atoms with van der Waals surface area (Å²) in [5, 5.41) is 5.16. The number of nitrogen functional groups attached to an aromatic ring is 1. The van der Waals surface area contributed by atoms with Crippen LogP contribution in [0.25, 0.3) is 11.0 Å². The lowest BCUT2D eigenvalue weighted by Gasteiger charge is -2.43. The van der Waals surface area contributed by atoms with E-state index in [0.29, 0.717) is 46.0 Å². The van der Waals surface area contributed by atoms with Gasteiger partial charge in [0.25, 0.3) is 0 Å². The van der Waals surface area contributed by atoms with Crippen LogP contribution in [0.3, 0.4) is 0 Å². The summed E-state index contributed by atoms with van der Waals surface area (Å²) in [5.74, 6) is -0.107. The molecule has 34 heavy (non-hydrogen) atoms. The lowest BCUT2D eigenvalue weighted by atomic mass is 10.1. The molecule has 2 aromatic heterocycles. The summed E-state index contributed by atoms with van der Waals surface area (Å²) in [7, 11) is -0.543. The van der Waals surface area contributed by atoms with Crippen LogP contribution in [0.4, 0.5) is 5.82 Å². The van der Waals surface area contributed by atoms with E-state index in [9.17, 15) is 0 Å². The summed E-state index contributed by atoms with van der Waals surface area (Å²) >= 11 is 0. The molecule has 0 unspecified atom stereocenters. The van der Waals surface area contributed by atoms with Crippen molar-refractivity contribution in [2.24, 2.45) is 0 Å². The highest BCUT2D eigenvalue weighted by Gasteiger charge is 2.57. The third-order valence-corrected chi connectivity index (χ3v) is 13.3. The second kappa shape index (κ2) is 9.01. The molecule has 4 atom stereocenters. The number of nitrogens with two attached hydrogens (primary N) is 1. The van der Waals surface area contributed by atoms with Gasteiger partial charge in [0, 0.05) is 0 Å². The van der Waals surface area contributed by atoms with Crippen LogP contribution < -0.4 is 10.5 Å². The van der Waals surface area contributed by atoms with Gasteiger partial charge in [0.05, 0.1) is 13.7 Å². The second-order valence-electron chi connectivity index (χ2n) is 10.7. The van der Waals surface area contributed by atoms with Crippen molar-refractivity contribution >= 4 is 25.2 Å². The first-order valence-corrected chi connectivity index (χ1v) is 14.2. The van der Waals surface area contributed by atoms with E-state index in [1.165, 1.54) is 6.33 Å². The number of anilines is 1. The molecule has 10 nitrogen and oxygen atoms in total. The smallest absolute Gasteiger partial charge is 0.246 e. The van der Waals surface area contributed by atoms with Crippen molar-refractivity contribution in [2.45, 2.75) is 102 Å². The highest BCUT2D eigenvalue weighted by atomic mass is 28.4. The fourth-order valence-corrected chi connectivity index (χ4v) is 11.5. The molecule has 4 heterocycles. The fourth-order valence-electron chi connectivity index (χ4n) is 6.00. The van der Waals surface area contributed by atoms with Gasteiger partial charge < -0.3 is 29.1 Å². The number of nitrogens with zero attached hydrogens (tertiary/aromatic N) is 4. The first kappa shape index (κ1) is 25.3. The Kier molecular flexibility index (Phi) is 6.71. The van der Waals surface area contributed by atoms with Gasteiger partial charge in [0.1, 0.15) is 35.8 Å². The lowest BCUT2D eigenvalue weighted by molar-refractivity contribution is -0.200. The van der Waals surface area contributed by atoms with E-state index in [0.717, 1.165) is 0 Å². The average Bonchev–Trinajstić information content (AvgIpc) is 3.37. The molecule has 2 N–H and O–H groups in total. The van der Waals surface area contributed by atoms with Crippen LogP contribution in [0.2, 0.25) is 16.6 Å². The molecule has 0 spiro atoms. The summed E-state index contributed by atoms with van der Waals surface area (Å²) in [6.45, 7) is 17.9. The van der Waals surface area contributed by atoms with Crippen LogP contribution in [0.15, 0.2) is 6.33 Å². The molecular formula is C23H39N5O5Si. The van der Waals surface area contributed by atoms with Gasteiger partial charge in [-0.05, 0) is 30.5 Å². The first-order valence-electron chi connectivity index (χ1n) is 12.1. The maximum absolute atomic E-state index is 6.87. The molecule has 0 radical (unpaired) electrons. The number of methoxy groups -OCH3 is 1. The molecule has 4 rings (SSSR count). The Morgan fingerprint density at radius 3 is 2.26 bits per heavy atom. The molecule has 0 saturated carbocycles. The van der Waals surface area contributed by atoms with Crippen LogP contribution in [-0.2, 0) is 18.6 Å². The average molecular weight is 494 g/mol. The number of rotatable bonds is 8. The Morgan fingerprint density at radius 2 is 1.68 bits per heavy atom. The number of fused-ring (bicyclic) bond motifs is 2. The van der Waals surface area contributed by atoms with E-state index < -0.39 is 20.3 Å². The van der Waals surface area contributed by atoms with E-state index >= 15 is 0 Å². The van der Waals surface area contributed by atoms with Crippen LogP contribution in [0, 0.1) is 0 Å². The fraction of sp³-hybridized carbons (Fsp3) is 0.783. The number of aromatic nitrogens is 4. The van der Waals surface area contributed by atoms with Gasteiger partial charge in [-0.2, -0.15) is 0 Å². The molecular weight excluding hydrogens is 454 g/mol. The van der Waals surface area contributed by atoms with E-state index in [-0.39, 0.29) is 18.3 Å². The Bertz CT molecular complexity index is 1000. The van der Waals surface area contributed by atoms with Crippen molar-refractivity contribution in [2.75, 3.05) is 19.5 Å². The van der Waals surface area contributed by atoms with Crippen molar-refractivity contribution < 1.29 is 23.4 Å². The minimum atomic E-state index is -2.08. The molecule has 0 aliphatic carbocycles. The molecule has 2 saturated heterocycles. The highest BCUT2D eigenvalue weighted by Crippen LogP contribution is 2.47. The minimum absolute atomic E-state index is 0.299. The Morgan fingerprint density at radius 1 is 1.06 bits per heavy atom. The minimum Gasteiger partial charge on any atom is -0.479 e. The van der Waals surface area contributed by atoms with Crippen LogP contribution in [0.5, 0.6) is 5.88 Å². The van der Waals surface area contributed by atoms with Gasteiger partial charge in [-0.15, -0.1) is 5.10 Å². The second-order valence-corrected chi connectivity index (χ2v) is 16.1. The third kappa shape index (κ3) is 4.01. The summed E-state index contributed by atoms with van der Waals surface area (Å²) in [6, 6.07) is 0. The van der Waals surface area contributed by atoms with Crippen LogP contribution in [-0.4, -0.2) is 65.9 Å². The maximum atomic E-state index is 6.87. The largest absolute Gasteiger partial charge is 0.479 e. The van der Waals surface area contributed by atoms with E-state index in [4.69, 9.17) is 29.1 Å². The molecule has 0 bridgehead atoms. The van der Waals surface area contributed by atoms with Crippen molar-refractivity contribution in [3.8, 4) is 5.88 Å². The number of hydrogen-bond donors (Lipinski definition) is 1. The Hall–Kier alpha value is -1.79. The van der Waals surface area contributed by atoms with Crippen molar-refractivity contribution in [3.05, 3.63) is 6.33 Å². The lowest BCUT2D eigenvalue weighted by Crippen LogP contribution is -2.50. The number of hydrogen-bond acceptors (Lipinski definition) is 9. The zero-order valence-electron chi connectivity index (χ0n) is 21.7. The van der Waals surface area contributed by atoms with Crippen molar-refractivity contribution in [3.63, 3.8) is 0 Å². The first-order chi connectivity index (χ1) is 15.9. The standard InChI is InChI=1S/C23H39N5O5Si/c1-12(2)34(13(3)4,14(5)6)30-10-15-17-18(33-23(7,8)32-17)22(31-15)28-20-16(21(27-28)29-9)19(24)25-11-26-20/h11-15,17-18,22H,10H2,1-9H3,(H2,24,25,26)/t15-,17-,18-,22-/m1/s1. The topological polar surface area (TPSA) is 116 Å². The van der Waals surface area contributed by atoms with Gasteiger partial charge in [0.2, 0.25) is 5.88 Å². The zero-order valence-corrected chi connectivity index (χ0v) is 22.7. The van der Waals surface area contributed by atoms with Gasteiger partial charge in [0.15, 0.2) is 26.0 Å². The zero-order chi connectivity index (χ0) is 25.0. The molecule has 190 valence electrons. The van der Waals surface area contributed by atoms with Crippen LogP contribution >= 0.6 is 0 Å². The molecule has 0 aromatic carbocycles. The quantitative estimate of drug-likeness (QED) is 0.544. The normalized spacial score (nSPS) is 26.8. The third-order valence-electron chi connectivity index (χ3n) is 7.25. The molecule has 11 heteroatoms. The Balaban J connectivity index is 1.68. The van der Waals surface area contributed by atoms with E-state index in [1.54, 1.807) is 11.8 Å². The molecule has 2 fully saturated rings. The van der Waals surface area contributed by atoms with Gasteiger partial charge in [-0.25, -0.2) is 14.6 Å². The predicted octanol–water partition coefficient (Wildman–Crippen LogP) is 4.03. The van der Waals surface area contributed by atoms with Gasteiger partial charge >= 0.3 is 0 Å². The Labute approximate surface area is 202 Å². The maximum Gasteiger partial charge on any atom is 0.246 e. The van der Waals surface area contributed by atoms with Crippen molar-refractivity contribution in [1.29, 1.82) is 0 Å². The van der Waals surface area contributed by atoms with Crippen molar-refractivity contribution in [1.82, 2.24) is 19.7 Å². The SMILES string of the molecule is COc1nn([C@@H]2O[C@H](CO[Si](C(C)C)(C(C)C)C(C)C)[C@H]3OC(C)(C)O[C@H]32)c2ncnc(N)c12. The summed E-state index contributed by atoms with van der Waals surface area (Å²) in [4.78, 5) is 8.50. The van der Waals surface area contributed by atoms with Gasteiger partial charge in [-0.1, -0.05) is 41.5 Å². The summed E-state index contributed by atoms with van der Waals surface area (Å²) in [6.07, 6.45) is -0.173. The van der Waals surface area contributed by atoms with E-state index in [1.807, 2.05) is 13.8 Å². The molecule has 0 amide bonds. The van der Waals surface area contributed by atoms with E-state index in [2.05, 4.69) is 56.6 Å². The van der Waals surface area contributed by atoms with Gasteiger partial charge in [-0.3, -0.25) is 0 Å². The number of ether oxygens (including phenoxy) is 4. The predicted molar refractivity (Wildman–Crippen MR) is 131 cm³/mol. The monoisotopic (exact) mass is 493 g/mol. The van der Waals surface area contributed by atoms with Crippen LogP contribution in [0.1, 0.15) is 61.6 Å².